The highest BCUT2D eigenvalue weighted by Gasteiger charge is 2.35. The van der Waals surface area contributed by atoms with Gasteiger partial charge in [0.15, 0.2) is 0 Å². The Balaban J connectivity index is 1.85. The summed E-state index contributed by atoms with van der Waals surface area (Å²) in [7, 11) is 0. The zero-order valence-electron chi connectivity index (χ0n) is 10.7. The Labute approximate surface area is 116 Å². The molecule has 2 rings (SSSR count). The van der Waals surface area contributed by atoms with Crippen LogP contribution < -0.4 is 10.2 Å². The summed E-state index contributed by atoms with van der Waals surface area (Å²) >= 11 is 0. The maximum absolute atomic E-state index is 12.3. The number of halogens is 5. The molecule has 0 spiro atoms. The van der Waals surface area contributed by atoms with Crippen LogP contribution in [0.25, 0.3) is 0 Å². The number of nitrogens with zero attached hydrogens (tertiary/aromatic N) is 2. The fourth-order valence-corrected chi connectivity index (χ4v) is 1.92. The second-order valence-corrected chi connectivity index (χ2v) is 4.64. The first-order chi connectivity index (χ1) is 9.77. The summed E-state index contributed by atoms with van der Waals surface area (Å²) in [4.78, 5) is 16.4. The number of pyridine rings is 1. The molecule has 1 aliphatic heterocycles. The SMILES string of the molecule is O=C(NCC(F)F)C1CN(c2ccc(C(F)(F)F)nc2)C1. The van der Waals surface area contributed by atoms with Gasteiger partial charge in [-0.15, -0.1) is 0 Å². The normalized spacial score (nSPS) is 16.0. The van der Waals surface area contributed by atoms with Gasteiger partial charge in [0.2, 0.25) is 5.91 Å². The van der Waals surface area contributed by atoms with Crippen molar-refractivity contribution < 1.29 is 26.7 Å². The Morgan fingerprint density at radius 2 is 2.05 bits per heavy atom. The highest BCUT2D eigenvalue weighted by molar-refractivity contribution is 5.81. The molecule has 1 aliphatic rings. The van der Waals surface area contributed by atoms with Crippen molar-refractivity contribution in [3.63, 3.8) is 0 Å². The fraction of sp³-hybridized carbons (Fsp3) is 0.500. The standard InChI is InChI=1S/C12H12F5N3O/c13-10(14)4-19-11(21)7-5-20(6-7)8-1-2-9(18-3-8)12(15,16)17/h1-3,7,10H,4-6H2,(H,19,21). The Kier molecular flexibility index (Phi) is 4.29. The van der Waals surface area contributed by atoms with E-state index in [0.717, 1.165) is 12.3 Å². The van der Waals surface area contributed by atoms with E-state index in [4.69, 9.17) is 0 Å². The maximum atomic E-state index is 12.3. The van der Waals surface area contributed by atoms with Gasteiger partial charge in [-0.05, 0) is 12.1 Å². The molecule has 1 fully saturated rings. The lowest BCUT2D eigenvalue weighted by Gasteiger charge is -2.39. The number of aromatic nitrogens is 1. The summed E-state index contributed by atoms with van der Waals surface area (Å²) in [5.41, 5.74) is -0.529. The number of hydrogen-bond donors (Lipinski definition) is 1. The lowest BCUT2D eigenvalue weighted by molar-refractivity contribution is -0.141. The number of hydrogen-bond acceptors (Lipinski definition) is 3. The highest BCUT2D eigenvalue weighted by atomic mass is 19.4. The van der Waals surface area contributed by atoms with E-state index in [1.807, 2.05) is 0 Å². The maximum Gasteiger partial charge on any atom is 0.433 e. The van der Waals surface area contributed by atoms with E-state index in [2.05, 4.69) is 10.3 Å². The second kappa shape index (κ2) is 5.82. The summed E-state index contributed by atoms with van der Waals surface area (Å²) in [6, 6.07) is 2.13. The Hall–Kier alpha value is -1.93. The van der Waals surface area contributed by atoms with Gasteiger partial charge < -0.3 is 10.2 Å². The lowest BCUT2D eigenvalue weighted by Crippen LogP contribution is -2.54. The van der Waals surface area contributed by atoms with Gasteiger partial charge in [0.05, 0.1) is 24.3 Å². The molecule has 0 bridgehead atoms. The van der Waals surface area contributed by atoms with Crippen molar-refractivity contribution in [3.8, 4) is 0 Å². The Morgan fingerprint density at radius 3 is 2.52 bits per heavy atom. The molecule has 0 saturated carbocycles. The van der Waals surface area contributed by atoms with Crippen LogP contribution in [-0.2, 0) is 11.0 Å². The quantitative estimate of drug-likeness (QED) is 0.864. The van der Waals surface area contributed by atoms with Crippen LogP contribution in [0.3, 0.4) is 0 Å². The van der Waals surface area contributed by atoms with E-state index < -0.39 is 36.7 Å². The van der Waals surface area contributed by atoms with E-state index in [1.54, 1.807) is 4.90 Å². The average molecular weight is 309 g/mol. The van der Waals surface area contributed by atoms with Gasteiger partial charge >= 0.3 is 6.18 Å². The van der Waals surface area contributed by atoms with E-state index in [0.29, 0.717) is 5.69 Å². The van der Waals surface area contributed by atoms with Crippen molar-refractivity contribution in [1.82, 2.24) is 10.3 Å². The molecule has 2 heterocycles. The molecular weight excluding hydrogens is 297 g/mol. The summed E-state index contributed by atoms with van der Waals surface area (Å²) < 4.78 is 60.9. The zero-order valence-corrected chi connectivity index (χ0v) is 10.7. The van der Waals surface area contributed by atoms with Gasteiger partial charge in [0.25, 0.3) is 6.43 Å². The Bertz CT molecular complexity index is 497. The van der Waals surface area contributed by atoms with Crippen molar-refractivity contribution in [1.29, 1.82) is 0 Å². The molecule has 116 valence electrons. The van der Waals surface area contributed by atoms with Gasteiger partial charge in [-0.25, -0.2) is 13.8 Å². The first-order valence-corrected chi connectivity index (χ1v) is 6.11. The zero-order chi connectivity index (χ0) is 15.6. The summed E-state index contributed by atoms with van der Waals surface area (Å²) in [5, 5.41) is 2.11. The Morgan fingerprint density at radius 1 is 1.38 bits per heavy atom. The number of anilines is 1. The number of amides is 1. The fourth-order valence-electron chi connectivity index (χ4n) is 1.92. The van der Waals surface area contributed by atoms with Crippen LogP contribution in [-0.4, -0.2) is 37.0 Å². The van der Waals surface area contributed by atoms with Crippen molar-refractivity contribution >= 4 is 11.6 Å². The predicted octanol–water partition coefficient (Wildman–Crippen LogP) is 1.92. The summed E-state index contributed by atoms with van der Waals surface area (Å²) in [6.07, 6.45) is -6.02. The molecule has 1 amide bonds. The van der Waals surface area contributed by atoms with E-state index in [1.165, 1.54) is 6.07 Å². The van der Waals surface area contributed by atoms with Crippen molar-refractivity contribution in [2.24, 2.45) is 5.92 Å². The average Bonchev–Trinajstić information content (AvgIpc) is 2.34. The molecule has 1 aromatic heterocycles. The van der Waals surface area contributed by atoms with Crippen LogP contribution in [0.4, 0.5) is 27.6 Å². The molecular formula is C12H12F5N3O. The molecule has 0 aromatic carbocycles. The molecule has 0 radical (unpaired) electrons. The van der Waals surface area contributed by atoms with Gasteiger partial charge in [0.1, 0.15) is 5.69 Å². The van der Waals surface area contributed by atoms with Gasteiger partial charge in [-0.2, -0.15) is 13.2 Å². The smallest absolute Gasteiger partial charge is 0.369 e. The third kappa shape index (κ3) is 3.79. The highest BCUT2D eigenvalue weighted by Crippen LogP contribution is 2.30. The van der Waals surface area contributed by atoms with Crippen LogP contribution in [0, 0.1) is 5.92 Å². The number of carbonyl (C=O) groups is 1. The lowest BCUT2D eigenvalue weighted by atomic mass is 9.98. The van der Waals surface area contributed by atoms with Gasteiger partial charge in [-0.3, -0.25) is 4.79 Å². The largest absolute Gasteiger partial charge is 0.433 e. The first kappa shape index (κ1) is 15.5. The van der Waals surface area contributed by atoms with Gasteiger partial charge in [-0.1, -0.05) is 0 Å². The van der Waals surface area contributed by atoms with Crippen LogP contribution in [0.1, 0.15) is 5.69 Å². The van der Waals surface area contributed by atoms with Crippen LogP contribution in [0.5, 0.6) is 0 Å². The molecule has 1 N–H and O–H groups in total. The molecule has 1 aromatic rings. The molecule has 1 saturated heterocycles. The summed E-state index contributed by atoms with van der Waals surface area (Å²) in [5.74, 6) is -0.919. The van der Waals surface area contributed by atoms with E-state index in [-0.39, 0.29) is 13.1 Å². The third-order valence-electron chi connectivity index (χ3n) is 3.09. The van der Waals surface area contributed by atoms with Crippen molar-refractivity contribution in [2.45, 2.75) is 12.6 Å². The summed E-state index contributed by atoms with van der Waals surface area (Å²) in [6.45, 7) is -0.165. The molecule has 0 atom stereocenters. The van der Waals surface area contributed by atoms with Crippen LogP contribution >= 0.6 is 0 Å². The molecule has 4 nitrogen and oxygen atoms in total. The predicted molar refractivity (Wildman–Crippen MR) is 64.0 cm³/mol. The number of alkyl halides is 5. The van der Waals surface area contributed by atoms with Gasteiger partial charge in [0, 0.05) is 13.1 Å². The van der Waals surface area contributed by atoms with Crippen LogP contribution in [0.15, 0.2) is 18.3 Å². The van der Waals surface area contributed by atoms with Crippen molar-refractivity contribution in [3.05, 3.63) is 24.0 Å². The van der Waals surface area contributed by atoms with Crippen molar-refractivity contribution in [2.75, 3.05) is 24.5 Å². The number of nitrogens with one attached hydrogen (secondary N) is 1. The number of rotatable bonds is 4. The van der Waals surface area contributed by atoms with Crippen LogP contribution in [0.2, 0.25) is 0 Å². The number of carbonyl (C=O) groups excluding carboxylic acids is 1. The minimum atomic E-state index is -4.49. The molecule has 21 heavy (non-hydrogen) atoms. The first-order valence-electron chi connectivity index (χ1n) is 6.11. The molecule has 0 aliphatic carbocycles. The molecule has 9 heteroatoms. The topological polar surface area (TPSA) is 45.2 Å². The minimum absolute atomic E-state index is 0.266. The molecule has 0 unspecified atom stereocenters. The monoisotopic (exact) mass is 309 g/mol. The second-order valence-electron chi connectivity index (χ2n) is 4.64. The van der Waals surface area contributed by atoms with E-state index in [9.17, 15) is 26.7 Å². The third-order valence-corrected chi connectivity index (χ3v) is 3.09. The van der Waals surface area contributed by atoms with E-state index >= 15 is 0 Å². The minimum Gasteiger partial charge on any atom is -0.369 e.